The zero-order chi connectivity index (χ0) is 14.9. The van der Waals surface area contributed by atoms with E-state index in [1.165, 1.54) is 12.1 Å². The number of carbonyl (C=O) groups is 1. The highest BCUT2D eigenvalue weighted by molar-refractivity contribution is 7.80. The Hall–Kier alpha value is -1.89. The van der Waals surface area contributed by atoms with Gasteiger partial charge in [-0.2, -0.15) is 0 Å². The first-order valence-electron chi connectivity index (χ1n) is 6.16. The fraction of sp³-hybridized carbons (Fsp3) is 0.385. The molecule has 1 aliphatic rings. The van der Waals surface area contributed by atoms with E-state index in [0.717, 1.165) is 0 Å². The number of carbonyl (C=O) groups excluding carboxylic acids is 1. The standard InChI is InChI=1S/C13H15FN2O3S/c1-3-18-13(17)7(2)16-10-5-9(15)8(14)4-11(10)19-6-12(16)20/h4-5,7H,3,6,15H2,1-2H3. The van der Waals surface area contributed by atoms with E-state index in [1.807, 2.05) is 0 Å². The quantitative estimate of drug-likeness (QED) is 0.522. The Balaban J connectivity index is 2.42. The number of ether oxygens (including phenoxy) is 2. The van der Waals surface area contributed by atoms with Gasteiger partial charge in [0.1, 0.15) is 29.2 Å². The monoisotopic (exact) mass is 298 g/mol. The first-order valence-corrected chi connectivity index (χ1v) is 6.57. The summed E-state index contributed by atoms with van der Waals surface area (Å²) in [6.45, 7) is 3.77. The Kier molecular flexibility index (Phi) is 4.08. The number of benzene rings is 1. The molecular formula is C13H15FN2O3S. The molecule has 2 rings (SSSR count). The van der Waals surface area contributed by atoms with E-state index in [0.29, 0.717) is 16.4 Å². The number of esters is 1. The van der Waals surface area contributed by atoms with Crippen molar-refractivity contribution in [2.45, 2.75) is 19.9 Å². The van der Waals surface area contributed by atoms with E-state index in [2.05, 4.69) is 0 Å². The minimum Gasteiger partial charge on any atom is -0.484 e. The minimum absolute atomic E-state index is 0.0295. The molecule has 1 aromatic rings. The molecule has 1 unspecified atom stereocenters. The highest BCUT2D eigenvalue weighted by atomic mass is 32.1. The second-order valence-corrected chi connectivity index (χ2v) is 4.79. The normalized spacial score (nSPS) is 15.3. The van der Waals surface area contributed by atoms with Gasteiger partial charge in [0.25, 0.3) is 0 Å². The number of rotatable bonds is 3. The summed E-state index contributed by atoms with van der Waals surface area (Å²) in [7, 11) is 0. The number of nitrogens with zero attached hydrogens (tertiary/aromatic N) is 1. The second-order valence-electron chi connectivity index (χ2n) is 4.32. The molecule has 0 radical (unpaired) electrons. The van der Waals surface area contributed by atoms with E-state index < -0.39 is 17.8 Å². The number of thiocarbonyl (C=S) groups is 1. The summed E-state index contributed by atoms with van der Waals surface area (Å²) in [4.78, 5) is 13.9. The average molecular weight is 298 g/mol. The van der Waals surface area contributed by atoms with E-state index >= 15 is 0 Å². The van der Waals surface area contributed by atoms with Crippen LogP contribution in [0.2, 0.25) is 0 Å². The summed E-state index contributed by atoms with van der Waals surface area (Å²) < 4.78 is 23.8. The number of hydrogen-bond donors (Lipinski definition) is 1. The van der Waals surface area contributed by atoms with Crippen molar-refractivity contribution >= 4 is 34.6 Å². The van der Waals surface area contributed by atoms with Gasteiger partial charge in [-0.1, -0.05) is 12.2 Å². The van der Waals surface area contributed by atoms with Crippen molar-refractivity contribution < 1.29 is 18.7 Å². The van der Waals surface area contributed by atoms with Gasteiger partial charge in [0.15, 0.2) is 0 Å². The van der Waals surface area contributed by atoms with Crippen molar-refractivity contribution in [3.63, 3.8) is 0 Å². The molecule has 0 amide bonds. The third kappa shape index (κ3) is 2.53. The maximum Gasteiger partial charge on any atom is 0.328 e. The molecule has 20 heavy (non-hydrogen) atoms. The fourth-order valence-corrected chi connectivity index (χ4v) is 2.32. The molecular weight excluding hydrogens is 283 g/mol. The lowest BCUT2D eigenvalue weighted by atomic mass is 10.1. The SMILES string of the molecule is CCOC(=O)C(C)N1C(=S)COc2cc(F)c(N)cc21. The lowest BCUT2D eigenvalue weighted by Crippen LogP contribution is -2.47. The van der Waals surface area contributed by atoms with Gasteiger partial charge in [-0.05, 0) is 19.9 Å². The Morgan fingerprint density at radius 3 is 3.00 bits per heavy atom. The lowest BCUT2D eigenvalue weighted by molar-refractivity contribution is -0.144. The first-order chi connectivity index (χ1) is 9.45. The number of nitrogen functional groups attached to an aromatic ring is 1. The van der Waals surface area contributed by atoms with Crippen LogP contribution in [0, 0.1) is 5.82 Å². The smallest absolute Gasteiger partial charge is 0.328 e. The Morgan fingerprint density at radius 2 is 2.35 bits per heavy atom. The third-order valence-corrected chi connectivity index (χ3v) is 3.29. The number of fused-ring (bicyclic) bond motifs is 1. The second kappa shape index (κ2) is 5.62. The van der Waals surface area contributed by atoms with Gasteiger partial charge in [0, 0.05) is 6.07 Å². The predicted molar refractivity (Wildman–Crippen MR) is 77.5 cm³/mol. The molecule has 0 saturated carbocycles. The van der Waals surface area contributed by atoms with Gasteiger partial charge in [-0.25, -0.2) is 9.18 Å². The molecule has 0 bridgehead atoms. The third-order valence-electron chi connectivity index (χ3n) is 2.97. The summed E-state index contributed by atoms with van der Waals surface area (Å²) in [5, 5.41) is 0. The van der Waals surface area contributed by atoms with Gasteiger partial charge < -0.3 is 20.1 Å². The largest absolute Gasteiger partial charge is 0.484 e. The Labute approximate surface area is 121 Å². The highest BCUT2D eigenvalue weighted by Gasteiger charge is 2.32. The number of anilines is 2. The van der Waals surface area contributed by atoms with Gasteiger partial charge in [-0.3, -0.25) is 0 Å². The van der Waals surface area contributed by atoms with Crippen LogP contribution in [-0.4, -0.2) is 30.2 Å². The van der Waals surface area contributed by atoms with Gasteiger partial charge >= 0.3 is 5.97 Å². The van der Waals surface area contributed by atoms with Crippen molar-refractivity contribution in [1.82, 2.24) is 0 Å². The van der Waals surface area contributed by atoms with Crippen molar-refractivity contribution in [2.75, 3.05) is 23.8 Å². The summed E-state index contributed by atoms with van der Waals surface area (Å²) in [5.74, 6) is -0.674. The van der Waals surface area contributed by atoms with Crippen molar-refractivity contribution in [2.24, 2.45) is 0 Å². The van der Waals surface area contributed by atoms with Crippen LogP contribution < -0.4 is 15.4 Å². The molecule has 108 valence electrons. The van der Waals surface area contributed by atoms with Crippen molar-refractivity contribution in [3.8, 4) is 5.75 Å². The van der Waals surface area contributed by atoms with Gasteiger partial charge in [-0.15, -0.1) is 0 Å². The molecule has 0 spiro atoms. The van der Waals surface area contributed by atoms with Crippen LogP contribution in [0.25, 0.3) is 0 Å². The topological polar surface area (TPSA) is 64.8 Å². The Morgan fingerprint density at radius 1 is 1.65 bits per heavy atom. The molecule has 0 aromatic heterocycles. The van der Waals surface area contributed by atoms with E-state index in [4.69, 9.17) is 27.4 Å². The first kappa shape index (κ1) is 14.5. The highest BCUT2D eigenvalue weighted by Crippen LogP contribution is 2.37. The van der Waals surface area contributed by atoms with Crippen LogP contribution in [-0.2, 0) is 9.53 Å². The molecule has 0 fully saturated rings. The summed E-state index contributed by atoms with van der Waals surface area (Å²) in [6, 6.07) is 1.97. The molecule has 1 aliphatic heterocycles. The van der Waals surface area contributed by atoms with E-state index in [-0.39, 0.29) is 18.9 Å². The Bertz CT molecular complexity index is 565. The maximum atomic E-state index is 13.5. The van der Waals surface area contributed by atoms with Crippen molar-refractivity contribution in [1.29, 1.82) is 0 Å². The van der Waals surface area contributed by atoms with Crippen LogP contribution in [0.5, 0.6) is 5.75 Å². The molecule has 1 aromatic carbocycles. The van der Waals surface area contributed by atoms with E-state index in [1.54, 1.807) is 18.7 Å². The fourth-order valence-electron chi connectivity index (χ4n) is 2.00. The molecule has 5 nitrogen and oxygen atoms in total. The predicted octanol–water partition coefficient (Wildman–Crippen LogP) is 1.89. The summed E-state index contributed by atoms with van der Waals surface area (Å²) in [6.07, 6.45) is 0. The molecule has 1 atom stereocenters. The molecule has 7 heteroatoms. The van der Waals surface area contributed by atoms with Crippen LogP contribution in [0.4, 0.5) is 15.8 Å². The lowest BCUT2D eigenvalue weighted by Gasteiger charge is -2.35. The molecule has 2 N–H and O–H groups in total. The summed E-state index contributed by atoms with van der Waals surface area (Å²) >= 11 is 5.22. The van der Waals surface area contributed by atoms with Crippen LogP contribution in [0.15, 0.2) is 12.1 Å². The van der Waals surface area contributed by atoms with Crippen LogP contribution >= 0.6 is 12.2 Å². The van der Waals surface area contributed by atoms with Crippen LogP contribution in [0.3, 0.4) is 0 Å². The zero-order valence-electron chi connectivity index (χ0n) is 11.2. The zero-order valence-corrected chi connectivity index (χ0v) is 12.0. The van der Waals surface area contributed by atoms with Crippen molar-refractivity contribution in [3.05, 3.63) is 17.9 Å². The summed E-state index contributed by atoms with van der Waals surface area (Å²) in [5.41, 5.74) is 6.01. The number of nitrogens with two attached hydrogens (primary N) is 1. The van der Waals surface area contributed by atoms with E-state index in [9.17, 15) is 9.18 Å². The van der Waals surface area contributed by atoms with Gasteiger partial charge in [0.2, 0.25) is 0 Å². The molecule has 0 saturated heterocycles. The minimum atomic E-state index is -0.630. The average Bonchev–Trinajstić information content (AvgIpc) is 2.40. The molecule has 1 heterocycles. The number of hydrogen-bond acceptors (Lipinski definition) is 5. The molecule has 0 aliphatic carbocycles. The maximum absolute atomic E-state index is 13.5. The van der Waals surface area contributed by atoms with Crippen LogP contribution in [0.1, 0.15) is 13.8 Å². The number of halogens is 1. The van der Waals surface area contributed by atoms with Gasteiger partial charge in [0.05, 0.1) is 18.0 Å².